The number of aromatic amines is 1. The van der Waals surface area contributed by atoms with E-state index in [1.54, 1.807) is 24.5 Å². The molecule has 0 aliphatic rings. The smallest absolute Gasteiger partial charge is 0.325 e. The zero-order chi connectivity index (χ0) is 14.5. The van der Waals surface area contributed by atoms with Gasteiger partial charge in [-0.15, -0.1) is 0 Å². The van der Waals surface area contributed by atoms with E-state index in [0.717, 1.165) is 17.5 Å². The number of methoxy groups -OCH3 is 1. The molecule has 0 saturated heterocycles. The Hall–Kier alpha value is -2.37. The predicted octanol–water partition coefficient (Wildman–Crippen LogP) is 1.59. The molecule has 0 bridgehead atoms. The molecule has 1 amide bonds. The first-order valence-corrected chi connectivity index (χ1v) is 6.45. The lowest BCUT2D eigenvalue weighted by Gasteiger charge is -2.20. The Kier molecular flexibility index (Phi) is 4.34. The minimum Gasteiger partial charge on any atom is -0.468 e. The van der Waals surface area contributed by atoms with Gasteiger partial charge in [0.25, 0.3) is 5.91 Å². The van der Waals surface area contributed by atoms with Gasteiger partial charge in [0.05, 0.1) is 24.5 Å². The Morgan fingerprint density at radius 1 is 1.40 bits per heavy atom. The highest BCUT2D eigenvalue weighted by Gasteiger charge is 2.18. The summed E-state index contributed by atoms with van der Waals surface area (Å²) in [5, 5.41) is 0. The fraction of sp³-hybridized carbons (Fsp3) is 0.357. The van der Waals surface area contributed by atoms with E-state index >= 15 is 0 Å². The molecule has 2 rings (SSSR count). The number of rotatable bonds is 5. The summed E-state index contributed by atoms with van der Waals surface area (Å²) in [6, 6.07) is 5.23. The van der Waals surface area contributed by atoms with Crippen LogP contribution in [0.3, 0.4) is 0 Å². The van der Waals surface area contributed by atoms with Gasteiger partial charge in [0.2, 0.25) is 0 Å². The van der Waals surface area contributed by atoms with Crippen molar-refractivity contribution in [2.24, 2.45) is 0 Å². The quantitative estimate of drug-likeness (QED) is 0.841. The van der Waals surface area contributed by atoms with Crippen LogP contribution in [-0.2, 0) is 9.53 Å². The van der Waals surface area contributed by atoms with Gasteiger partial charge in [0.1, 0.15) is 6.54 Å². The third kappa shape index (κ3) is 2.96. The largest absolute Gasteiger partial charge is 0.468 e. The number of aromatic nitrogens is 2. The normalized spacial score (nSPS) is 10.5. The number of esters is 1. The monoisotopic (exact) mass is 275 g/mol. The van der Waals surface area contributed by atoms with Crippen LogP contribution in [0.1, 0.15) is 23.7 Å². The molecule has 106 valence electrons. The number of fused-ring (bicyclic) bond motifs is 1. The minimum absolute atomic E-state index is 0.0375. The third-order valence-corrected chi connectivity index (χ3v) is 3.00. The molecule has 0 atom stereocenters. The molecule has 6 heteroatoms. The first kappa shape index (κ1) is 14.0. The van der Waals surface area contributed by atoms with E-state index in [2.05, 4.69) is 14.7 Å². The molecule has 0 fully saturated rings. The van der Waals surface area contributed by atoms with E-state index < -0.39 is 5.97 Å². The SMILES string of the molecule is CCCN(CC(=O)OC)C(=O)c1ccc2nc[nH]c2c1. The van der Waals surface area contributed by atoms with E-state index in [1.807, 2.05) is 6.92 Å². The van der Waals surface area contributed by atoms with Gasteiger partial charge in [-0.05, 0) is 24.6 Å². The number of nitrogens with one attached hydrogen (secondary N) is 1. The Bertz CT molecular complexity index is 621. The van der Waals surface area contributed by atoms with Gasteiger partial charge < -0.3 is 14.6 Å². The number of carbonyl (C=O) groups excluding carboxylic acids is 2. The van der Waals surface area contributed by atoms with Crippen LogP contribution in [0.5, 0.6) is 0 Å². The van der Waals surface area contributed by atoms with Gasteiger partial charge in [0, 0.05) is 12.1 Å². The van der Waals surface area contributed by atoms with E-state index in [9.17, 15) is 9.59 Å². The summed E-state index contributed by atoms with van der Waals surface area (Å²) in [7, 11) is 1.31. The lowest BCUT2D eigenvalue weighted by atomic mass is 10.1. The molecule has 20 heavy (non-hydrogen) atoms. The van der Waals surface area contributed by atoms with Crippen LogP contribution in [0.25, 0.3) is 11.0 Å². The van der Waals surface area contributed by atoms with Crippen molar-refractivity contribution in [3.63, 3.8) is 0 Å². The van der Waals surface area contributed by atoms with Crippen molar-refractivity contribution < 1.29 is 14.3 Å². The number of benzene rings is 1. The fourth-order valence-corrected chi connectivity index (χ4v) is 1.99. The van der Waals surface area contributed by atoms with Crippen molar-refractivity contribution in [2.45, 2.75) is 13.3 Å². The molecule has 1 aromatic carbocycles. The Labute approximate surface area is 116 Å². The number of hydrogen-bond acceptors (Lipinski definition) is 4. The number of nitrogens with zero attached hydrogens (tertiary/aromatic N) is 2. The molecule has 0 aliphatic carbocycles. The molecule has 0 unspecified atom stereocenters. The van der Waals surface area contributed by atoms with Gasteiger partial charge in [-0.2, -0.15) is 0 Å². The van der Waals surface area contributed by atoms with Crippen LogP contribution >= 0.6 is 0 Å². The standard InChI is InChI=1S/C14H17N3O3/c1-3-6-17(8-13(18)20-2)14(19)10-4-5-11-12(7-10)16-9-15-11/h4-5,7,9H,3,6,8H2,1-2H3,(H,15,16). The van der Waals surface area contributed by atoms with E-state index in [0.29, 0.717) is 12.1 Å². The second kappa shape index (κ2) is 6.18. The maximum absolute atomic E-state index is 12.4. The molecular formula is C14H17N3O3. The summed E-state index contributed by atoms with van der Waals surface area (Å²) in [5.74, 6) is -0.608. The lowest BCUT2D eigenvalue weighted by molar-refractivity contribution is -0.141. The van der Waals surface area contributed by atoms with Gasteiger partial charge in [-0.3, -0.25) is 9.59 Å². The van der Waals surface area contributed by atoms with Gasteiger partial charge in [-0.1, -0.05) is 6.92 Å². The van der Waals surface area contributed by atoms with Gasteiger partial charge in [-0.25, -0.2) is 4.98 Å². The maximum atomic E-state index is 12.4. The summed E-state index contributed by atoms with van der Waals surface area (Å²) in [6.45, 7) is 2.43. The highest BCUT2D eigenvalue weighted by Crippen LogP contribution is 2.13. The molecule has 0 radical (unpaired) electrons. The topological polar surface area (TPSA) is 75.3 Å². The second-order valence-electron chi connectivity index (χ2n) is 4.44. The summed E-state index contributed by atoms with van der Waals surface area (Å²) in [4.78, 5) is 32.4. The molecule has 1 aromatic heterocycles. The van der Waals surface area contributed by atoms with Crippen LogP contribution in [0.4, 0.5) is 0 Å². The van der Waals surface area contributed by atoms with Crippen LogP contribution in [0.2, 0.25) is 0 Å². The Balaban J connectivity index is 2.23. The summed E-state index contributed by atoms with van der Waals surface area (Å²) in [5.41, 5.74) is 2.13. The first-order valence-electron chi connectivity index (χ1n) is 6.45. The molecule has 1 heterocycles. The average molecular weight is 275 g/mol. The number of hydrogen-bond donors (Lipinski definition) is 1. The van der Waals surface area contributed by atoms with Gasteiger partial charge >= 0.3 is 5.97 Å². The maximum Gasteiger partial charge on any atom is 0.325 e. The Morgan fingerprint density at radius 3 is 2.90 bits per heavy atom. The number of amides is 1. The highest BCUT2D eigenvalue weighted by atomic mass is 16.5. The number of imidazole rings is 1. The van der Waals surface area contributed by atoms with E-state index in [1.165, 1.54) is 12.0 Å². The number of ether oxygens (including phenoxy) is 1. The predicted molar refractivity (Wildman–Crippen MR) is 74.3 cm³/mol. The van der Waals surface area contributed by atoms with Gasteiger partial charge in [0.15, 0.2) is 0 Å². The van der Waals surface area contributed by atoms with Crippen LogP contribution in [0.15, 0.2) is 24.5 Å². The van der Waals surface area contributed by atoms with E-state index in [-0.39, 0.29) is 12.5 Å². The first-order chi connectivity index (χ1) is 9.65. The highest BCUT2D eigenvalue weighted by molar-refractivity contribution is 5.98. The average Bonchev–Trinajstić information content (AvgIpc) is 2.93. The van der Waals surface area contributed by atoms with Crippen molar-refractivity contribution in [3.05, 3.63) is 30.1 Å². The molecule has 0 saturated carbocycles. The van der Waals surface area contributed by atoms with Crippen molar-refractivity contribution in [3.8, 4) is 0 Å². The molecule has 6 nitrogen and oxygen atoms in total. The number of carbonyl (C=O) groups is 2. The molecule has 0 aliphatic heterocycles. The van der Waals surface area contributed by atoms with Crippen molar-refractivity contribution >= 4 is 22.9 Å². The molecule has 0 spiro atoms. The van der Waals surface area contributed by atoms with Crippen LogP contribution in [0, 0.1) is 0 Å². The zero-order valence-electron chi connectivity index (χ0n) is 11.5. The fourth-order valence-electron chi connectivity index (χ4n) is 1.99. The zero-order valence-corrected chi connectivity index (χ0v) is 11.5. The third-order valence-electron chi connectivity index (χ3n) is 3.00. The summed E-state index contributed by atoms with van der Waals surface area (Å²) < 4.78 is 4.62. The lowest BCUT2D eigenvalue weighted by Crippen LogP contribution is -2.36. The molecule has 1 N–H and O–H groups in total. The van der Waals surface area contributed by atoms with E-state index in [4.69, 9.17) is 0 Å². The molecule has 2 aromatic rings. The van der Waals surface area contributed by atoms with Crippen molar-refractivity contribution in [2.75, 3.05) is 20.2 Å². The Morgan fingerprint density at radius 2 is 2.20 bits per heavy atom. The van der Waals surface area contributed by atoms with Crippen molar-refractivity contribution in [1.82, 2.24) is 14.9 Å². The minimum atomic E-state index is -0.422. The van der Waals surface area contributed by atoms with Crippen LogP contribution < -0.4 is 0 Å². The number of H-pyrrole nitrogens is 1. The summed E-state index contributed by atoms with van der Waals surface area (Å²) >= 11 is 0. The van der Waals surface area contributed by atoms with Crippen LogP contribution in [-0.4, -0.2) is 46.9 Å². The molecular weight excluding hydrogens is 258 g/mol. The van der Waals surface area contributed by atoms with Crippen molar-refractivity contribution in [1.29, 1.82) is 0 Å². The second-order valence-corrected chi connectivity index (χ2v) is 4.44. The summed E-state index contributed by atoms with van der Waals surface area (Å²) in [6.07, 6.45) is 2.35.